The number of Topliss-reactive ketones (excluding diaryl/α,β-unsaturated/α-hetero) is 1. The molecule has 0 bridgehead atoms. The zero-order valence-corrected chi connectivity index (χ0v) is 16.4. The van der Waals surface area contributed by atoms with Gasteiger partial charge < -0.3 is 4.57 Å². The highest BCUT2D eigenvalue weighted by atomic mass is 32.2. The highest BCUT2D eigenvalue weighted by Gasteiger charge is 2.22. The SMILES string of the molecule is CCn1c(S[C@@H](C)C(=O)c2cc(C)ccc2C)nnc1-c1ccccc1. The Bertz CT molecular complexity index is 918. The van der Waals surface area contributed by atoms with Crippen LogP contribution in [0.2, 0.25) is 0 Å². The number of ketones is 1. The number of nitrogens with zero attached hydrogens (tertiary/aromatic N) is 3. The van der Waals surface area contributed by atoms with E-state index in [2.05, 4.69) is 21.7 Å². The van der Waals surface area contributed by atoms with Gasteiger partial charge in [0.15, 0.2) is 16.8 Å². The van der Waals surface area contributed by atoms with Gasteiger partial charge in [-0.25, -0.2) is 0 Å². The molecule has 2 aromatic carbocycles. The quantitative estimate of drug-likeness (QED) is 0.458. The van der Waals surface area contributed by atoms with E-state index in [0.717, 1.165) is 39.8 Å². The van der Waals surface area contributed by atoms with Crippen molar-refractivity contribution in [2.75, 3.05) is 0 Å². The van der Waals surface area contributed by atoms with Gasteiger partial charge in [-0.2, -0.15) is 0 Å². The first-order chi connectivity index (χ1) is 12.5. The minimum absolute atomic E-state index is 0.128. The molecule has 0 unspecified atom stereocenters. The van der Waals surface area contributed by atoms with Gasteiger partial charge in [-0.3, -0.25) is 4.79 Å². The normalized spacial score (nSPS) is 12.2. The summed E-state index contributed by atoms with van der Waals surface area (Å²) >= 11 is 1.47. The standard InChI is InChI=1S/C21H23N3OS/c1-5-24-20(17-9-7-6-8-10-17)22-23-21(24)26-16(4)19(25)18-13-14(2)11-12-15(18)3/h6-13,16H,5H2,1-4H3/t16-/m0/s1. The van der Waals surface area contributed by atoms with Crippen molar-refractivity contribution in [2.24, 2.45) is 0 Å². The van der Waals surface area contributed by atoms with Crippen LogP contribution in [0.15, 0.2) is 53.7 Å². The fraction of sp³-hybridized carbons (Fsp3) is 0.286. The maximum Gasteiger partial charge on any atom is 0.192 e. The lowest BCUT2D eigenvalue weighted by molar-refractivity contribution is 0.0993. The predicted molar refractivity (Wildman–Crippen MR) is 107 cm³/mol. The van der Waals surface area contributed by atoms with Crippen molar-refractivity contribution < 1.29 is 4.79 Å². The number of benzene rings is 2. The Labute approximate surface area is 158 Å². The van der Waals surface area contributed by atoms with Gasteiger partial charge >= 0.3 is 0 Å². The molecule has 3 aromatic rings. The first kappa shape index (κ1) is 18.4. The Hall–Kier alpha value is -2.40. The third-order valence-corrected chi connectivity index (χ3v) is 5.46. The summed E-state index contributed by atoms with van der Waals surface area (Å²) in [6, 6.07) is 16.0. The number of carbonyl (C=O) groups is 1. The molecule has 0 aliphatic heterocycles. The molecule has 3 rings (SSSR count). The van der Waals surface area contributed by atoms with Crippen molar-refractivity contribution >= 4 is 17.5 Å². The molecule has 5 heteroatoms. The summed E-state index contributed by atoms with van der Waals surface area (Å²) in [7, 11) is 0. The predicted octanol–water partition coefficient (Wildman–Crippen LogP) is 4.95. The van der Waals surface area contributed by atoms with Crippen LogP contribution in [0.3, 0.4) is 0 Å². The zero-order valence-electron chi connectivity index (χ0n) is 15.6. The van der Waals surface area contributed by atoms with Gasteiger partial charge in [-0.1, -0.05) is 59.8 Å². The maximum atomic E-state index is 12.9. The average molecular weight is 366 g/mol. The number of hydrogen-bond acceptors (Lipinski definition) is 4. The van der Waals surface area contributed by atoms with Crippen molar-refractivity contribution in [3.05, 3.63) is 65.2 Å². The van der Waals surface area contributed by atoms with Gasteiger partial charge in [0.05, 0.1) is 5.25 Å². The summed E-state index contributed by atoms with van der Waals surface area (Å²) in [5.41, 5.74) is 3.92. The van der Waals surface area contributed by atoms with Crippen molar-refractivity contribution in [1.82, 2.24) is 14.8 Å². The van der Waals surface area contributed by atoms with Crippen LogP contribution < -0.4 is 0 Å². The van der Waals surface area contributed by atoms with Crippen LogP contribution in [0, 0.1) is 13.8 Å². The van der Waals surface area contributed by atoms with Crippen molar-refractivity contribution in [1.29, 1.82) is 0 Å². The Kier molecular flexibility index (Phi) is 5.57. The molecular formula is C21H23N3OS. The van der Waals surface area contributed by atoms with Crippen molar-refractivity contribution in [3.8, 4) is 11.4 Å². The van der Waals surface area contributed by atoms with Crippen LogP contribution in [0.25, 0.3) is 11.4 Å². The molecule has 0 aliphatic rings. The zero-order chi connectivity index (χ0) is 18.7. The van der Waals surface area contributed by atoms with Crippen LogP contribution >= 0.6 is 11.8 Å². The van der Waals surface area contributed by atoms with E-state index >= 15 is 0 Å². The van der Waals surface area contributed by atoms with E-state index in [1.807, 2.05) is 69.3 Å². The lowest BCUT2D eigenvalue weighted by atomic mass is 10.0. The average Bonchev–Trinajstić information content (AvgIpc) is 3.06. The lowest BCUT2D eigenvalue weighted by Gasteiger charge is -2.13. The molecular weight excluding hydrogens is 342 g/mol. The molecule has 134 valence electrons. The van der Waals surface area contributed by atoms with E-state index in [1.165, 1.54) is 11.8 Å². The van der Waals surface area contributed by atoms with Crippen LogP contribution in [0.5, 0.6) is 0 Å². The minimum atomic E-state index is -0.228. The summed E-state index contributed by atoms with van der Waals surface area (Å²) in [6.45, 7) is 8.74. The van der Waals surface area contributed by atoms with Gasteiger partial charge in [0.2, 0.25) is 0 Å². The summed E-state index contributed by atoms with van der Waals surface area (Å²) < 4.78 is 2.06. The Morgan fingerprint density at radius 3 is 2.54 bits per heavy atom. The maximum absolute atomic E-state index is 12.9. The summed E-state index contributed by atoms with van der Waals surface area (Å²) in [4.78, 5) is 12.9. The van der Waals surface area contributed by atoms with E-state index in [1.54, 1.807) is 0 Å². The highest BCUT2D eigenvalue weighted by Crippen LogP contribution is 2.29. The van der Waals surface area contributed by atoms with Gasteiger partial charge in [-0.15, -0.1) is 10.2 Å². The smallest absolute Gasteiger partial charge is 0.192 e. The molecule has 26 heavy (non-hydrogen) atoms. The fourth-order valence-electron chi connectivity index (χ4n) is 2.89. The van der Waals surface area contributed by atoms with Crippen LogP contribution in [-0.4, -0.2) is 25.8 Å². The second kappa shape index (κ2) is 7.87. The van der Waals surface area contributed by atoms with E-state index in [4.69, 9.17) is 0 Å². The van der Waals surface area contributed by atoms with Gasteiger partial charge in [0.25, 0.3) is 0 Å². The number of thioether (sulfide) groups is 1. The van der Waals surface area contributed by atoms with Gasteiger partial charge in [-0.05, 0) is 39.3 Å². The van der Waals surface area contributed by atoms with Gasteiger partial charge in [0.1, 0.15) is 0 Å². The van der Waals surface area contributed by atoms with E-state index < -0.39 is 0 Å². The number of rotatable bonds is 6. The number of aromatic nitrogens is 3. The topological polar surface area (TPSA) is 47.8 Å². The minimum Gasteiger partial charge on any atom is -0.302 e. The van der Waals surface area contributed by atoms with E-state index in [0.29, 0.717) is 0 Å². The van der Waals surface area contributed by atoms with E-state index in [9.17, 15) is 4.79 Å². The molecule has 1 heterocycles. The largest absolute Gasteiger partial charge is 0.302 e. The third-order valence-electron chi connectivity index (χ3n) is 4.38. The highest BCUT2D eigenvalue weighted by molar-refractivity contribution is 8.00. The molecule has 0 saturated heterocycles. The first-order valence-corrected chi connectivity index (χ1v) is 9.66. The van der Waals surface area contributed by atoms with Crippen LogP contribution in [-0.2, 0) is 6.54 Å². The molecule has 1 atom stereocenters. The fourth-order valence-corrected chi connectivity index (χ4v) is 3.87. The summed E-state index contributed by atoms with van der Waals surface area (Å²) in [5, 5.41) is 9.25. The Morgan fingerprint density at radius 1 is 1.12 bits per heavy atom. The van der Waals surface area contributed by atoms with E-state index in [-0.39, 0.29) is 11.0 Å². The Morgan fingerprint density at radius 2 is 1.85 bits per heavy atom. The van der Waals surface area contributed by atoms with Crippen molar-refractivity contribution in [2.45, 2.75) is 44.6 Å². The number of hydrogen-bond donors (Lipinski definition) is 0. The third kappa shape index (κ3) is 3.73. The molecule has 0 saturated carbocycles. The Balaban J connectivity index is 1.86. The molecule has 1 aromatic heterocycles. The number of aryl methyl sites for hydroxylation is 2. The molecule has 4 nitrogen and oxygen atoms in total. The van der Waals surface area contributed by atoms with Gasteiger partial charge in [0, 0.05) is 17.7 Å². The second-order valence-corrected chi connectivity index (χ2v) is 7.67. The van der Waals surface area contributed by atoms with Crippen molar-refractivity contribution in [3.63, 3.8) is 0 Å². The summed E-state index contributed by atoms with van der Waals surface area (Å²) in [6.07, 6.45) is 0. The van der Waals surface area contributed by atoms with Crippen LogP contribution in [0.4, 0.5) is 0 Å². The molecule has 0 N–H and O–H groups in total. The molecule has 0 fully saturated rings. The molecule has 0 amide bonds. The van der Waals surface area contributed by atoms with Crippen LogP contribution in [0.1, 0.15) is 35.3 Å². The molecule has 0 aliphatic carbocycles. The first-order valence-electron chi connectivity index (χ1n) is 8.78. The second-order valence-electron chi connectivity index (χ2n) is 6.36. The molecule has 0 radical (unpaired) electrons. The summed E-state index contributed by atoms with van der Waals surface area (Å²) in [5.74, 6) is 0.963. The monoisotopic (exact) mass is 365 g/mol. The lowest BCUT2D eigenvalue weighted by Crippen LogP contribution is -2.16. The number of carbonyl (C=O) groups excluding carboxylic acids is 1. The molecule has 0 spiro atoms.